The lowest BCUT2D eigenvalue weighted by Crippen LogP contribution is -2.39. The van der Waals surface area contributed by atoms with Crippen molar-refractivity contribution in [3.8, 4) is 5.75 Å². The first-order valence-electron chi connectivity index (χ1n) is 10.3. The number of ether oxygens (including phenoxy) is 1. The van der Waals surface area contributed by atoms with Crippen LogP contribution < -0.4 is 9.46 Å². The van der Waals surface area contributed by atoms with Gasteiger partial charge in [0.05, 0.1) is 25.5 Å². The molecule has 0 unspecified atom stereocenters. The van der Waals surface area contributed by atoms with Crippen LogP contribution in [0, 0.1) is 5.92 Å². The summed E-state index contributed by atoms with van der Waals surface area (Å²) in [7, 11) is -1.71. The van der Waals surface area contributed by atoms with Crippen LogP contribution in [0.3, 0.4) is 0 Å². The van der Waals surface area contributed by atoms with E-state index in [1.807, 2.05) is 23.1 Å². The summed E-state index contributed by atoms with van der Waals surface area (Å²) in [4.78, 5) is 14.7. The summed E-state index contributed by atoms with van der Waals surface area (Å²) in [5.74, 6) is 1.54. The van der Waals surface area contributed by atoms with E-state index in [4.69, 9.17) is 4.74 Å². The van der Waals surface area contributed by atoms with E-state index in [1.54, 1.807) is 25.3 Å². The Morgan fingerprint density at radius 2 is 1.77 bits per heavy atom. The minimum atomic E-state index is -3.38. The maximum atomic E-state index is 12.8. The van der Waals surface area contributed by atoms with Gasteiger partial charge < -0.3 is 9.64 Å². The zero-order valence-corrected chi connectivity index (χ0v) is 18.5. The summed E-state index contributed by atoms with van der Waals surface area (Å²) < 4.78 is 30.8. The van der Waals surface area contributed by atoms with Crippen LogP contribution in [0.15, 0.2) is 48.5 Å². The molecule has 0 atom stereocenters. The normalized spacial score (nSPS) is 15.1. The molecule has 0 bridgehead atoms. The number of rotatable bonds is 8. The fourth-order valence-corrected chi connectivity index (χ4v) is 4.48. The lowest BCUT2D eigenvalue weighted by atomic mass is 9.90. The number of hydrogen-bond acceptors (Lipinski definition) is 4. The molecule has 2 aromatic carbocycles. The van der Waals surface area contributed by atoms with Gasteiger partial charge in [-0.1, -0.05) is 30.3 Å². The molecule has 3 rings (SSSR count). The second kappa shape index (κ2) is 9.98. The highest BCUT2D eigenvalue weighted by Crippen LogP contribution is 2.24. The van der Waals surface area contributed by atoms with Gasteiger partial charge in [-0.15, -0.1) is 0 Å². The van der Waals surface area contributed by atoms with E-state index in [0.717, 1.165) is 50.8 Å². The second-order valence-corrected chi connectivity index (χ2v) is 9.67. The first kappa shape index (κ1) is 22.2. The molecule has 1 aliphatic heterocycles. The Kier molecular flexibility index (Phi) is 7.37. The van der Waals surface area contributed by atoms with E-state index in [1.165, 1.54) is 5.56 Å². The molecule has 0 aromatic heterocycles. The molecule has 1 aliphatic rings. The predicted octanol–water partition coefficient (Wildman–Crippen LogP) is 3.48. The molecule has 0 saturated carbocycles. The molecular weight excluding hydrogens is 400 g/mol. The molecule has 0 radical (unpaired) electrons. The molecule has 6 nitrogen and oxygen atoms in total. The van der Waals surface area contributed by atoms with Crippen LogP contribution in [-0.4, -0.2) is 45.7 Å². The van der Waals surface area contributed by atoms with Crippen molar-refractivity contribution in [2.45, 2.75) is 32.1 Å². The Hall–Kier alpha value is -2.54. The van der Waals surface area contributed by atoms with Crippen molar-refractivity contribution in [2.24, 2.45) is 5.92 Å². The molecule has 7 heteroatoms. The first-order valence-corrected chi connectivity index (χ1v) is 12.2. The summed E-state index contributed by atoms with van der Waals surface area (Å²) in [6.07, 6.45) is 5.48. The van der Waals surface area contributed by atoms with Crippen molar-refractivity contribution in [1.82, 2.24) is 4.90 Å². The maximum Gasteiger partial charge on any atom is 0.229 e. The molecule has 0 aliphatic carbocycles. The Balaban J connectivity index is 1.48. The monoisotopic (exact) mass is 430 g/mol. The quantitative estimate of drug-likeness (QED) is 0.696. The van der Waals surface area contributed by atoms with Crippen LogP contribution in [0.2, 0.25) is 0 Å². The molecule has 162 valence electrons. The number of amides is 1. The standard InChI is InChI=1S/C23H30N2O4S/c1-29-21-11-9-18(10-12-21)7-8-19-13-15-25(16-14-19)23(26)17-20-5-3-4-6-22(20)24-30(2,27)28/h3-6,9-12,19,24H,7-8,13-17H2,1-2H3. The van der Waals surface area contributed by atoms with Gasteiger partial charge in [0.25, 0.3) is 0 Å². The number of carbonyl (C=O) groups excluding carboxylic acids is 1. The predicted molar refractivity (Wildman–Crippen MR) is 119 cm³/mol. The number of methoxy groups -OCH3 is 1. The summed E-state index contributed by atoms with van der Waals surface area (Å²) in [6.45, 7) is 1.52. The molecule has 0 spiro atoms. The van der Waals surface area contributed by atoms with Gasteiger partial charge in [0, 0.05) is 13.1 Å². The molecule has 1 amide bonds. The fourth-order valence-electron chi connectivity index (χ4n) is 3.88. The van der Waals surface area contributed by atoms with Gasteiger partial charge in [0.1, 0.15) is 5.75 Å². The van der Waals surface area contributed by atoms with E-state index in [2.05, 4.69) is 16.9 Å². The number of anilines is 1. The average Bonchev–Trinajstić information content (AvgIpc) is 2.73. The van der Waals surface area contributed by atoms with Gasteiger partial charge in [0.2, 0.25) is 15.9 Å². The zero-order valence-electron chi connectivity index (χ0n) is 17.6. The fraction of sp³-hybridized carbons (Fsp3) is 0.435. The molecule has 1 heterocycles. The van der Waals surface area contributed by atoms with Crippen LogP contribution in [0.5, 0.6) is 5.75 Å². The van der Waals surface area contributed by atoms with Crippen molar-refractivity contribution in [3.63, 3.8) is 0 Å². The first-order chi connectivity index (χ1) is 14.3. The van der Waals surface area contributed by atoms with E-state index < -0.39 is 10.0 Å². The van der Waals surface area contributed by atoms with Gasteiger partial charge in [-0.25, -0.2) is 8.42 Å². The van der Waals surface area contributed by atoms with Gasteiger partial charge in [-0.05, 0) is 60.9 Å². The summed E-state index contributed by atoms with van der Waals surface area (Å²) in [5, 5.41) is 0. The van der Waals surface area contributed by atoms with Crippen molar-refractivity contribution < 1.29 is 17.9 Å². The topological polar surface area (TPSA) is 75.7 Å². The van der Waals surface area contributed by atoms with Crippen molar-refractivity contribution in [1.29, 1.82) is 0 Å². The summed E-state index contributed by atoms with van der Waals surface area (Å²) in [5.41, 5.74) is 2.49. The maximum absolute atomic E-state index is 12.8. The Labute approximate surface area is 179 Å². The molecule has 30 heavy (non-hydrogen) atoms. The van der Waals surface area contributed by atoms with Crippen LogP contribution in [-0.2, 0) is 27.7 Å². The molecule has 1 fully saturated rings. The summed E-state index contributed by atoms with van der Waals surface area (Å²) >= 11 is 0. The molecular formula is C23H30N2O4S. The lowest BCUT2D eigenvalue weighted by Gasteiger charge is -2.32. The molecule has 1 saturated heterocycles. The SMILES string of the molecule is COc1ccc(CCC2CCN(C(=O)Cc3ccccc3NS(C)(=O)=O)CC2)cc1. The van der Waals surface area contributed by atoms with E-state index in [9.17, 15) is 13.2 Å². The van der Waals surface area contributed by atoms with Crippen LogP contribution in [0.4, 0.5) is 5.69 Å². The summed E-state index contributed by atoms with van der Waals surface area (Å²) in [6, 6.07) is 15.3. The Morgan fingerprint density at radius 1 is 1.10 bits per heavy atom. The number of likely N-dealkylation sites (tertiary alicyclic amines) is 1. The number of para-hydroxylation sites is 1. The largest absolute Gasteiger partial charge is 0.497 e. The van der Waals surface area contributed by atoms with Crippen LogP contribution in [0.1, 0.15) is 30.4 Å². The number of nitrogens with one attached hydrogen (secondary N) is 1. The van der Waals surface area contributed by atoms with Crippen molar-refractivity contribution >= 4 is 21.6 Å². The highest BCUT2D eigenvalue weighted by molar-refractivity contribution is 7.92. The highest BCUT2D eigenvalue weighted by Gasteiger charge is 2.23. The third-order valence-electron chi connectivity index (χ3n) is 5.62. The number of piperidine rings is 1. The number of carbonyl (C=O) groups is 1. The van der Waals surface area contributed by atoms with E-state index in [0.29, 0.717) is 17.2 Å². The average molecular weight is 431 g/mol. The van der Waals surface area contributed by atoms with Gasteiger partial charge >= 0.3 is 0 Å². The smallest absolute Gasteiger partial charge is 0.229 e. The Morgan fingerprint density at radius 3 is 2.40 bits per heavy atom. The van der Waals surface area contributed by atoms with Gasteiger partial charge in [0.15, 0.2) is 0 Å². The van der Waals surface area contributed by atoms with Gasteiger partial charge in [-0.2, -0.15) is 0 Å². The number of hydrogen-bond donors (Lipinski definition) is 1. The van der Waals surface area contributed by atoms with Crippen LogP contribution in [0.25, 0.3) is 0 Å². The minimum Gasteiger partial charge on any atom is -0.497 e. The van der Waals surface area contributed by atoms with Crippen molar-refractivity contribution in [3.05, 3.63) is 59.7 Å². The highest BCUT2D eigenvalue weighted by atomic mass is 32.2. The molecule has 1 N–H and O–H groups in total. The van der Waals surface area contributed by atoms with Gasteiger partial charge in [-0.3, -0.25) is 9.52 Å². The van der Waals surface area contributed by atoms with Crippen molar-refractivity contribution in [2.75, 3.05) is 31.2 Å². The number of benzene rings is 2. The third kappa shape index (κ3) is 6.49. The third-order valence-corrected chi connectivity index (χ3v) is 6.21. The molecule has 2 aromatic rings. The van der Waals surface area contributed by atoms with Crippen LogP contribution >= 0.6 is 0 Å². The Bertz CT molecular complexity index is 949. The zero-order chi connectivity index (χ0) is 21.6. The lowest BCUT2D eigenvalue weighted by molar-refractivity contribution is -0.131. The number of nitrogens with zero attached hydrogens (tertiary/aromatic N) is 1. The van der Waals surface area contributed by atoms with E-state index in [-0.39, 0.29) is 12.3 Å². The second-order valence-electron chi connectivity index (χ2n) is 7.92. The minimum absolute atomic E-state index is 0.0476. The number of sulfonamides is 1. The number of aryl methyl sites for hydroxylation is 1. The van der Waals surface area contributed by atoms with E-state index >= 15 is 0 Å².